The smallest absolute Gasteiger partial charge is 0.0587 e. The van der Waals surface area contributed by atoms with Crippen LogP contribution in [0.2, 0.25) is 0 Å². The molecule has 0 spiro atoms. The first-order chi connectivity index (χ1) is 27.3. The minimum absolute atomic E-state index is 0. The molecule has 1 aliphatic carbocycles. The van der Waals surface area contributed by atoms with Gasteiger partial charge in [0, 0.05) is 28.0 Å². The van der Waals surface area contributed by atoms with E-state index in [1.807, 2.05) is 48.5 Å². The number of hydrogen-bond donors (Lipinski definition) is 0. The van der Waals surface area contributed by atoms with Crippen molar-refractivity contribution in [3.8, 4) is 29.1 Å². The predicted molar refractivity (Wildman–Crippen MR) is 240 cm³/mol. The predicted octanol–water partition coefficient (Wildman–Crippen LogP) is 8.67. The molecule has 342 valence electrons. The van der Waals surface area contributed by atoms with Crippen LogP contribution in [0.1, 0.15) is 198 Å². The molecule has 0 aromatic heterocycles. The fourth-order valence-electron chi connectivity index (χ4n) is 6.62. The zero-order chi connectivity index (χ0) is 47.4. The molecule has 7 nitrogen and oxygen atoms in total. The van der Waals surface area contributed by atoms with Gasteiger partial charge in [0.2, 0.25) is 0 Å². The number of rotatable bonds is 0. The van der Waals surface area contributed by atoms with E-state index in [2.05, 4.69) is 83.1 Å². The van der Waals surface area contributed by atoms with E-state index >= 15 is 0 Å². The van der Waals surface area contributed by atoms with Crippen molar-refractivity contribution < 1.29 is 51.7 Å². The second-order valence-corrected chi connectivity index (χ2v) is 22.6. The summed E-state index contributed by atoms with van der Waals surface area (Å²) in [5.74, 6) is -0.496. The van der Waals surface area contributed by atoms with Crippen LogP contribution < -0.4 is 30.6 Å². The van der Waals surface area contributed by atoms with Crippen molar-refractivity contribution >= 4 is 0 Å². The van der Waals surface area contributed by atoms with E-state index in [-0.39, 0.29) is 91.4 Å². The Bertz CT molecular complexity index is 1790. The van der Waals surface area contributed by atoms with Gasteiger partial charge in [-0.2, -0.15) is 5.26 Å². The molecule has 0 atom stereocenters. The Labute approximate surface area is 389 Å². The van der Waals surface area contributed by atoms with Gasteiger partial charge < -0.3 is 30.6 Å². The summed E-state index contributed by atoms with van der Waals surface area (Å²) in [6.07, 6.45) is 0.724. The zero-order valence-electron chi connectivity index (χ0n) is 41.3. The summed E-state index contributed by atoms with van der Waals surface area (Å²) in [4.78, 5) is 0. The topological polar surface area (TPSA) is 162 Å². The van der Waals surface area contributed by atoms with Crippen molar-refractivity contribution in [3.05, 3.63) is 115 Å². The minimum Gasteiger partial charge on any atom is -0.872 e. The summed E-state index contributed by atoms with van der Waals surface area (Å²) in [7, 11) is 0. The van der Waals surface area contributed by atoms with Crippen LogP contribution in [0.4, 0.5) is 0 Å². The number of nitrogens with zero attached hydrogens (tertiary/aromatic N) is 1. The molecular formula is C54H73NO6W-6. The molecule has 62 heavy (non-hydrogen) atoms. The molecule has 0 N–H and O–H groups in total. The molecule has 0 fully saturated rings. The Morgan fingerprint density at radius 1 is 0.355 bits per heavy atom. The minimum atomic E-state index is -0.750. The third-order valence-electron chi connectivity index (χ3n) is 9.96. The third kappa shape index (κ3) is 17.0. The van der Waals surface area contributed by atoms with Crippen LogP contribution in [0.5, 0.6) is 23.0 Å². The molecule has 0 aliphatic heterocycles. The number of hydrogen-bond acceptors (Lipinski definition) is 7. The van der Waals surface area contributed by atoms with E-state index in [0.29, 0.717) is 44.5 Å². The van der Waals surface area contributed by atoms with Gasteiger partial charge in [-0.05, 0) is 69.6 Å². The van der Waals surface area contributed by atoms with Crippen molar-refractivity contribution in [2.24, 2.45) is 0 Å². The van der Waals surface area contributed by atoms with E-state index in [0.717, 1.165) is 22.3 Å². The molecule has 0 heterocycles. The maximum atomic E-state index is 14.3. The van der Waals surface area contributed by atoms with Gasteiger partial charge in [0.1, 0.15) is 0 Å². The quantitative estimate of drug-likeness (QED) is 0.150. The maximum Gasteiger partial charge on any atom is 0.0587 e. The Hall–Kier alpha value is -3.82. The first-order valence-electron chi connectivity index (χ1n) is 21.4. The van der Waals surface area contributed by atoms with Crippen LogP contribution in [0.15, 0.2) is 48.5 Å². The van der Waals surface area contributed by atoms with Crippen molar-refractivity contribution in [3.63, 3.8) is 0 Å². The monoisotopic (exact) mass is 1020 g/mol. The van der Waals surface area contributed by atoms with Gasteiger partial charge in [-0.3, -0.25) is 0 Å². The number of fused-ring (bicyclic) bond motifs is 8. The van der Waals surface area contributed by atoms with Gasteiger partial charge in [-0.1, -0.05) is 218 Å². The molecule has 0 unspecified atom stereocenters. The molecule has 0 amide bonds. The van der Waals surface area contributed by atoms with E-state index in [1.165, 1.54) is 6.92 Å². The second kappa shape index (κ2) is 20.8. The molecule has 0 radical (unpaired) electrons. The van der Waals surface area contributed by atoms with Gasteiger partial charge in [0.05, 0.1) is 6.07 Å². The van der Waals surface area contributed by atoms with E-state index in [4.69, 9.17) is 5.26 Å². The van der Waals surface area contributed by atoms with E-state index < -0.39 is 11.2 Å². The molecule has 5 rings (SSSR count). The number of nitriles is 1. The second-order valence-electron chi connectivity index (χ2n) is 22.6. The molecule has 0 saturated heterocycles. The Balaban J connectivity index is 0.00000121. The van der Waals surface area contributed by atoms with Crippen LogP contribution in [0, 0.1) is 11.3 Å². The normalized spacial score (nSPS) is 13.1. The Kier molecular flexibility index (Phi) is 18.8. The van der Waals surface area contributed by atoms with Crippen molar-refractivity contribution in [1.29, 1.82) is 5.26 Å². The Morgan fingerprint density at radius 2 is 0.452 bits per heavy atom. The van der Waals surface area contributed by atoms with Gasteiger partial charge in [-0.15, -0.1) is 34.2 Å². The van der Waals surface area contributed by atoms with E-state index in [9.17, 15) is 30.6 Å². The van der Waals surface area contributed by atoms with Gasteiger partial charge in [-0.25, -0.2) is 0 Å². The molecule has 4 aromatic carbocycles. The first kappa shape index (κ1) is 56.2. The SMILES string of the molecule is CC#N.CC(C)(C)[O-].CC(C)(C)[O-].CC(C)(C)c1cc2c([O-])c(c1)Cc1cc(C(C)(C)C)cc(c1[O-])Cc1cc(C(C)(C)C)cc(c1[O-])Cc1cc(C(C)(C)C)cc(c1[O-])C2.[W]. The van der Waals surface area contributed by atoms with Crippen LogP contribution in [0.3, 0.4) is 0 Å². The van der Waals surface area contributed by atoms with Gasteiger partial charge in [0.15, 0.2) is 0 Å². The fraction of sp³-hybridized carbons (Fsp3) is 0.537. The zero-order valence-corrected chi connectivity index (χ0v) is 44.2. The molecule has 8 bridgehead atoms. The maximum absolute atomic E-state index is 14.3. The van der Waals surface area contributed by atoms with E-state index in [1.54, 1.807) is 47.6 Å². The summed E-state index contributed by atoms with van der Waals surface area (Å²) in [6.45, 7) is 36.6. The standard InChI is InChI=1S/C44H56O4.2C4H9O.C2H3N.W/c1-41(2,3)33-17-25-13-27-19-34(42(4,5)6)21-29(38(27)46)15-31-23-36(44(10,11)12)24-32(40(31)48)16-30-22-35(43(7,8)9)20-28(39(30)47)14-26(18-33)37(25)45;2*1-4(2,3)5;1-2-3;/h17-24,45-48H,13-16H2,1-12H3;2*1-3H3;1H3;/q;2*-1;;/p-4. The fourth-order valence-corrected chi connectivity index (χ4v) is 6.62. The molecular weight excluding hydrogens is 942 g/mol. The average Bonchev–Trinajstić information content (AvgIpc) is 3.04. The molecule has 8 heteroatoms. The summed E-state index contributed by atoms with van der Waals surface area (Å²) in [5.41, 5.74) is 5.89. The summed E-state index contributed by atoms with van der Waals surface area (Å²) < 4.78 is 0. The Morgan fingerprint density at radius 3 is 0.532 bits per heavy atom. The summed E-state index contributed by atoms with van der Waals surface area (Å²) in [5, 5.41) is 84.7. The average molecular weight is 1020 g/mol. The van der Waals surface area contributed by atoms with Gasteiger partial charge in [0.25, 0.3) is 0 Å². The van der Waals surface area contributed by atoms with Crippen molar-refractivity contribution in [1.82, 2.24) is 0 Å². The molecule has 1 aliphatic rings. The van der Waals surface area contributed by atoms with Gasteiger partial charge >= 0.3 is 0 Å². The molecule has 4 aromatic rings. The van der Waals surface area contributed by atoms with Crippen LogP contribution in [0.25, 0.3) is 0 Å². The van der Waals surface area contributed by atoms with Crippen LogP contribution in [-0.2, 0) is 68.4 Å². The largest absolute Gasteiger partial charge is 0.872 e. The van der Waals surface area contributed by atoms with Crippen LogP contribution in [-0.4, -0.2) is 11.2 Å². The summed E-state index contributed by atoms with van der Waals surface area (Å²) in [6, 6.07) is 17.3. The van der Waals surface area contributed by atoms with Crippen LogP contribution >= 0.6 is 0 Å². The first-order valence-corrected chi connectivity index (χ1v) is 21.4. The van der Waals surface area contributed by atoms with Crippen molar-refractivity contribution in [2.75, 3.05) is 0 Å². The number of benzene rings is 4. The summed E-state index contributed by atoms with van der Waals surface area (Å²) >= 11 is 0. The third-order valence-corrected chi connectivity index (χ3v) is 9.96. The molecule has 0 saturated carbocycles. The van der Waals surface area contributed by atoms with Crippen molar-refractivity contribution in [2.45, 2.75) is 190 Å².